The molecule has 1 aliphatic rings. The Hall–Kier alpha value is -1.83. The van der Waals surface area contributed by atoms with Crippen LogP contribution in [0.5, 0.6) is 0 Å². The van der Waals surface area contributed by atoms with E-state index in [2.05, 4.69) is 47.8 Å². The maximum atomic E-state index is 11.5. The molecular weight excluding hydrogens is 222 g/mol. The first kappa shape index (κ1) is 11.3. The van der Waals surface area contributed by atoms with Crippen molar-refractivity contribution >= 4 is 16.7 Å². The van der Waals surface area contributed by atoms with Crippen LogP contribution < -0.4 is 5.32 Å². The van der Waals surface area contributed by atoms with Gasteiger partial charge in [0.15, 0.2) is 0 Å². The van der Waals surface area contributed by atoms with Gasteiger partial charge in [-0.3, -0.25) is 4.79 Å². The van der Waals surface area contributed by atoms with Gasteiger partial charge in [-0.1, -0.05) is 42.5 Å². The molecule has 2 heteroatoms. The lowest BCUT2D eigenvalue weighted by atomic mass is 10.1. The molecule has 0 radical (unpaired) electrons. The van der Waals surface area contributed by atoms with E-state index in [0.29, 0.717) is 5.92 Å². The fourth-order valence-corrected chi connectivity index (χ4v) is 2.21. The molecule has 1 fully saturated rings. The number of amides is 1. The second-order valence-corrected chi connectivity index (χ2v) is 5.00. The summed E-state index contributed by atoms with van der Waals surface area (Å²) in [7, 11) is 0. The van der Waals surface area contributed by atoms with Gasteiger partial charge in [0, 0.05) is 12.5 Å². The van der Waals surface area contributed by atoms with Gasteiger partial charge in [-0.2, -0.15) is 0 Å². The highest BCUT2D eigenvalue weighted by atomic mass is 16.2. The van der Waals surface area contributed by atoms with Gasteiger partial charge in [0.2, 0.25) is 5.91 Å². The summed E-state index contributed by atoms with van der Waals surface area (Å²) >= 11 is 0. The molecule has 0 aliphatic heterocycles. The van der Waals surface area contributed by atoms with Crippen molar-refractivity contribution in [1.29, 1.82) is 0 Å². The highest BCUT2D eigenvalue weighted by Gasteiger charge is 2.28. The summed E-state index contributed by atoms with van der Waals surface area (Å²) in [5.74, 6) is 0.539. The van der Waals surface area contributed by atoms with E-state index in [1.165, 1.54) is 16.3 Å². The molecule has 0 heterocycles. The zero-order valence-electron chi connectivity index (χ0n) is 10.4. The maximum Gasteiger partial charge on any atom is 0.223 e. The Labute approximate surface area is 107 Å². The Morgan fingerprint density at radius 1 is 1.11 bits per heavy atom. The predicted octanol–water partition coefficient (Wildman–Crippen LogP) is 2.91. The summed E-state index contributed by atoms with van der Waals surface area (Å²) in [5.41, 5.74) is 1.28. The fourth-order valence-electron chi connectivity index (χ4n) is 2.21. The predicted molar refractivity (Wildman–Crippen MR) is 73.4 cm³/mol. The maximum absolute atomic E-state index is 11.5. The quantitative estimate of drug-likeness (QED) is 0.873. The first-order valence-corrected chi connectivity index (χ1v) is 6.58. The molecule has 1 N–H and O–H groups in total. The van der Waals surface area contributed by atoms with E-state index in [1.807, 2.05) is 0 Å². The molecule has 92 valence electrons. The summed E-state index contributed by atoms with van der Waals surface area (Å²) in [4.78, 5) is 11.5. The van der Waals surface area contributed by atoms with Gasteiger partial charge in [0.25, 0.3) is 0 Å². The third-order valence-electron chi connectivity index (χ3n) is 3.47. The molecule has 0 unspecified atom stereocenters. The van der Waals surface area contributed by atoms with E-state index >= 15 is 0 Å². The van der Waals surface area contributed by atoms with Crippen molar-refractivity contribution in [1.82, 2.24) is 5.32 Å². The van der Waals surface area contributed by atoms with Gasteiger partial charge < -0.3 is 5.32 Å². The summed E-state index contributed by atoms with van der Waals surface area (Å²) in [5, 5.41) is 5.54. The number of carbonyl (C=O) groups is 1. The van der Waals surface area contributed by atoms with Crippen LogP contribution in [0, 0.1) is 5.92 Å². The van der Waals surface area contributed by atoms with E-state index in [9.17, 15) is 4.79 Å². The average Bonchev–Trinajstić information content (AvgIpc) is 3.23. The molecule has 18 heavy (non-hydrogen) atoms. The van der Waals surface area contributed by atoms with Crippen LogP contribution in [-0.4, -0.2) is 12.5 Å². The van der Waals surface area contributed by atoms with Crippen LogP contribution in [0.3, 0.4) is 0 Å². The van der Waals surface area contributed by atoms with Gasteiger partial charge >= 0.3 is 0 Å². The molecule has 0 aromatic heterocycles. The summed E-state index contributed by atoms with van der Waals surface area (Å²) in [6, 6.07) is 14.9. The van der Waals surface area contributed by atoms with Crippen molar-refractivity contribution in [3.63, 3.8) is 0 Å². The van der Waals surface area contributed by atoms with Crippen LogP contribution in [0.2, 0.25) is 0 Å². The van der Waals surface area contributed by atoms with Gasteiger partial charge in [-0.15, -0.1) is 0 Å². The molecule has 1 amide bonds. The van der Waals surface area contributed by atoms with Crippen LogP contribution >= 0.6 is 0 Å². The Morgan fingerprint density at radius 2 is 1.89 bits per heavy atom. The van der Waals surface area contributed by atoms with Crippen LogP contribution in [-0.2, 0) is 11.2 Å². The second kappa shape index (κ2) is 4.81. The second-order valence-electron chi connectivity index (χ2n) is 5.00. The van der Waals surface area contributed by atoms with Gasteiger partial charge in [-0.05, 0) is 35.6 Å². The summed E-state index contributed by atoms with van der Waals surface area (Å²) in [6.45, 7) is 0.744. The molecule has 2 aromatic rings. The largest absolute Gasteiger partial charge is 0.356 e. The molecule has 0 saturated heterocycles. The monoisotopic (exact) mass is 239 g/mol. The van der Waals surface area contributed by atoms with Gasteiger partial charge in [-0.25, -0.2) is 0 Å². The van der Waals surface area contributed by atoms with Crippen molar-refractivity contribution < 1.29 is 4.79 Å². The minimum absolute atomic E-state index is 0.232. The molecule has 0 spiro atoms. The van der Waals surface area contributed by atoms with Crippen molar-refractivity contribution in [2.45, 2.75) is 19.3 Å². The van der Waals surface area contributed by atoms with E-state index in [-0.39, 0.29) is 5.91 Å². The number of hydrogen-bond acceptors (Lipinski definition) is 1. The lowest BCUT2D eigenvalue weighted by Crippen LogP contribution is -2.26. The highest BCUT2D eigenvalue weighted by molar-refractivity contribution is 5.83. The van der Waals surface area contributed by atoms with Gasteiger partial charge in [0.1, 0.15) is 0 Å². The molecule has 3 rings (SSSR count). The topological polar surface area (TPSA) is 29.1 Å². The van der Waals surface area contributed by atoms with E-state index in [1.54, 1.807) is 0 Å². The number of nitrogens with one attached hydrogen (secondary N) is 1. The number of carbonyl (C=O) groups excluding carboxylic acids is 1. The Balaban J connectivity index is 1.61. The summed E-state index contributed by atoms with van der Waals surface area (Å²) < 4.78 is 0. The Morgan fingerprint density at radius 3 is 2.67 bits per heavy atom. The summed E-state index contributed by atoms with van der Waals surface area (Å²) in [6.07, 6.45) is 3.05. The first-order chi connectivity index (χ1) is 8.83. The molecule has 2 nitrogen and oxygen atoms in total. The molecule has 1 aliphatic carbocycles. The minimum Gasteiger partial charge on any atom is -0.356 e. The van der Waals surface area contributed by atoms with Crippen molar-refractivity contribution in [3.8, 4) is 0 Å². The van der Waals surface area contributed by atoms with Crippen LogP contribution in [0.15, 0.2) is 42.5 Å². The highest BCUT2D eigenvalue weighted by Crippen LogP contribution is 2.28. The lowest BCUT2D eigenvalue weighted by molar-refractivity contribution is -0.122. The smallest absolute Gasteiger partial charge is 0.223 e. The normalized spacial score (nSPS) is 14.7. The standard InChI is InChI=1S/C16H17NO/c18-16(14-7-8-14)17-10-9-12-5-6-13-3-1-2-4-15(13)11-12/h1-6,11,14H,7-10H2,(H,17,18). The first-order valence-electron chi connectivity index (χ1n) is 6.58. The molecule has 1 saturated carbocycles. The molecule has 2 aromatic carbocycles. The van der Waals surface area contributed by atoms with E-state index < -0.39 is 0 Å². The average molecular weight is 239 g/mol. The van der Waals surface area contributed by atoms with Crippen molar-refractivity contribution in [3.05, 3.63) is 48.0 Å². The number of hydrogen-bond donors (Lipinski definition) is 1. The van der Waals surface area contributed by atoms with Crippen molar-refractivity contribution in [2.75, 3.05) is 6.54 Å². The van der Waals surface area contributed by atoms with Crippen molar-refractivity contribution in [2.24, 2.45) is 5.92 Å². The molecule has 0 bridgehead atoms. The number of fused-ring (bicyclic) bond motifs is 1. The van der Waals surface area contributed by atoms with Crippen LogP contribution in [0.1, 0.15) is 18.4 Å². The number of rotatable bonds is 4. The zero-order valence-corrected chi connectivity index (χ0v) is 10.4. The molecular formula is C16H17NO. The molecule has 0 atom stereocenters. The lowest BCUT2D eigenvalue weighted by Gasteiger charge is -2.05. The fraction of sp³-hybridized carbons (Fsp3) is 0.312. The number of benzene rings is 2. The SMILES string of the molecule is O=C(NCCc1ccc2ccccc2c1)C1CC1. The minimum atomic E-state index is 0.232. The third-order valence-corrected chi connectivity index (χ3v) is 3.47. The van der Waals surface area contributed by atoms with Crippen LogP contribution in [0.25, 0.3) is 10.8 Å². The zero-order chi connectivity index (χ0) is 12.4. The van der Waals surface area contributed by atoms with Crippen LogP contribution in [0.4, 0.5) is 0 Å². The van der Waals surface area contributed by atoms with E-state index in [4.69, 9.17) is 0 Å². The van der Waals surface area contributed by atoms with E-state index in [0.717, 1.165) is 25.8 Å². The van der Waals surface area contributed by atoms with Gasteiger partial charge in [0.05, 0.1) is 0 Å². The Kier molecular flexibility index (Phi) is 3.01. The Bertz CT molecular complexity index is 572. The third kappa shape index (κ3) is 2.53.